The first-order valence-electron chi connectivity index (χ1n) is 5.83. The smallest absolute Gasteiger partial charge is 0.251 e. The highest BCUT2D eigenvalue weighted by Crippen LogP contribution is 2.10. The summed E-state index contributed by atoms with van der Waals surface area (Å²) in [6.45, 7) is 6.16. The van der Waals surface area contributed by atoms with E-state index in [4.69, 9.17) is 5.73 Å². The van der Waals surface area contributed by atoms with Gasteiger partial charge in [-0.3, -0.25) is 9.00 Å². The van der Waals surface area contributed by atoms with E-state index in [1.807, 2.05) is 20.8 Å². The molecule has 1 amide bonds. The van der Waals surface area contributed by atoms with Crippen molar-refractivity contribution in [2.75, 3.05) is 18.0 Å². The van der Waals surface area contributed by atoms with Crippen molar-refractivity contribution < 1.29 is 9.00 Å². The Balaban J connectivity index is 0.00000324. The van der Waals surface area contributed by atoms with Crippen LogP contribution in [0.15, 0.2) is 24.3 Å². The molecule has 19 heavy (non-hydrogen) atoms. The van der Waals surface area contributed by atoms with Crippen LogP contribution in [0.5, 0.6) is 0 Å². The second-order valence-electron chi connectivity index (χ2n) is 5.04. The summed E-state index contributed by atoms with van der Waals surface area (Å²) in [5, 5.41) is 2.74. The van der Waals surface area contributed by atoms with E-state index in [-0.39, 0.29) is 23.1 Å². The Labute approximate surface area is 123 Å². The van der Waals surface area contributed by atoms with Crippen LogP contribution < -0.4 is 11.1 Å². The maximum absolute atomic E-state index is 11.8. The molecule has 0 aliphatic heterocycles. The molecule has 1 rings (SSSR count). The van der Waals surface area contributed by atoms with Crippen molar-refractivity contribution in [3.8, 4) is 0 Å². The maximum atomic E-state index is 11.8. The quantitative estimate of drug-likeness (QED) is 0.835. The number of carbonyl (C=O) groups excluding carboxylic acids is 1. The van der Waals surface area contributed by atoms with Crippen LogP contribution in [-0.2, 0) is 10.8 Å². The maximum Gasteiger partial charge on any atom is 0.251 e. The summed E-state index contributed by atoms with van der Waals surface area (Å²) >= 11 is 0. The number of nitrogens with two attached hydrogens (primary N) is 1. The molecular formula is C13H21ClN2O2S. The summed E-state index contributed by atoms with van der Waals surface area (Å²) in [5.41, 5.74) is 6.68. The van der Waals surface area contributed by atoms with Crippen LogP contribution in [0.1, 0.15) is 31.1 Å². The molecule has 1 aromatic carbocycles. The highest BCUT2D eigenvalue weighted by Gasteiger charge is 2.18. The normalized spacial score (nSPS) is 12.4. The SMILES string of the molecule is CC(C)(C)S(=O)CCNC(=O)c1cccc(N)c1.Cl. The molecule has 4 nitrogen and oxygen atoms in total. The van der Waals surface area contributed by atoms with Gasteiger partial charge in [-0.2, -0.15) is 0 Å². The second-order valence-corrected chi connectivity index (χ2v) is 7.37. The lowest BCUT2D eigenvalue weighted by Crippen LogP contribution is -2.32. The fraction of sp³-hybridized carbons (Fsp3) is 0.462. The molecule has 0 aromatic heterocycles. The lowest BCUT2D eigenvalue weighted by atomic mass is 10.2. The minimum Gasteiger partial charge on any atom is -0.399 e. The predicted molar refractivity (Wildman–Crippen MR) is 83.2 cm³/mol. The standard InChI is InChI=1S/C13H20N2O2S.ClH/c1-13(2,3)18(17)8-7-15-12(16)10-5-4-6-11(14)9-10;/h4-6,9H,7-8,14H2,1-3H3,(H,15,16);1H. The van der Waals surface area contributed by atoms with Gasteiger partial charge in [-0.05, 0) is 39.0 Å². The Morgan fingerprint density at radius 2 is 2.00 bits per heavy atom. The lowest BCUT2D eigenvalue weighted by Gasteiger charge is -2.17. The molecule has 1 unspecified atom stereocenters. The highest BCUT2D eigenvalue weighted by molar-refractivity contribution is 7.86. The van der Waals surface area contributed by atoms with Crippen LogP contribution in [0.25, 0.3) is 0 Å². The summed E-state index contributed by atoms with van der Waals surface area (Å²) in [5.74, 6) is 0.269. The van der Waals surface area contributed by atoms with Crippen LogP contribution >= 0.6 is 12.4 Å². The predicted octanol–water partition coefficient (Wildman–Crippen LogP) is 1.97. The van der Waals surface area contributed by atoms with Gasteiger partial charge in [0.05, 0.1) is 0 Å². The molecular weight excluding hydrogens is 284 g/mol. The van der Waals surface area contributed by atoms with Crippen LogP contribution in [0, 0.1) is 0 Å². The number of anilines is 1. The van der Waals surface area contributed by atoms with Crippen molar-refractivity contribution in [2.24, 2.45) is 0 Å². The van der Waals surface area contributed by atoms with Crippen molar-refractivity contribution in [1.29, 1.82) is 0 Å². The Bertz CT molecular complexity index is 458. The molecule has 108 valence electrons. The molecule has 0 radical (unpaired) electrons. The van der Waals surface area contributed by atoms with Crippen molar-refractivity contribution in [3.05, 3.63) is 29.8 Å². The third kappa shape index (κ3) is 6.07. The zero-order valence-corrected chi connectivity index (χ0v) is 13.1. The first kappa shape index (κ1) is 17.9. The van der Waals surface area contributed by atoms with E-state index in [1.165, 1.54) is 0 Å². The van der Waals surface area contributed by atoms with Gasteiger partial charge in [0.25, 0.3) is 5.91 Å². The van der Waals surface area contributed by atoms with Gasteiger partial charge in [0, 0.05) is 39.1 Å². The van der Waals surface area contributed by atoms with Crippen molar-refractivity contribution in [1.82, 2.24) is 5.32 Å². The number of nitrogen functional groups attached to an aromatic ring is 1. The molecule has 0 bridgehead atoms. The topological polar surface area (TPSA) is 72.2 Å². The van der Waals surface area contributed by atoms with Crippen LogP contribution in [0.3, 0.4) is 0 Å². The van der Waals surface area contributed by atoms with Crippen molar-refractivity contribution >= 4 is 34.8 Å². The van der Waals surface area contributed by atoms with Gasteiger partial charge in [-0.1, -0.05) is 6.07 Å². The number of halogens is 1. The van der Waals surface area contributed by atoms with E-state index in [9.17, 15) is 9.00 Å². The van der Waals surface area contributed by atoms with E-state index in [2.05, 4.69) is 5.32 Å². The van der Waals surface area contributed by atoms with Crippen LogP contribution in [0.2, 0.25) is 0 Å². The summed E-state index contributed by atoms with van der Waals surface area (Å²) in [6.07, 6.45) is 0. The molecule has 0 spiro atoms. The number of rotatable bonds is 4. The summed E-state index contributed by atoms with van der Waals surface area (Å²) in [4.78, 5) is 11.8. The second kappa shape index (κ2) is 7.50. The van der Waals surface area contributed by atoms with Crippen LogP contribution in [0.4, 0.5) is 5.69 Å². The van der Waals surface area contributed by atoms with Gasteiger partial charge in [0.1, 0.15) is 0 Å². The third-order valence-electron chi connectivity index (χ3n) is 2.40. The Kier molecular flexibility index (Phi) is 7.08. The summed E-state index contributed by atoms with van der Waals surface area (Å²) in [6, 6.07) is 6.78. The van der Waals surface area contributed by atoms with E-state index in [1.54, 1.807) is 24.3 Å². The number of benzene rings is 1. The molecule has 1 atom stereocenters. The van der Waals surface area contributed by atoms with Crippen molar-refractivity contribution in [3.63, 3.8) is 0 Å². The third-order valence-corrected chi connectivity index (χ3v) is 4.35. The number of amides is 1. The highest BCUT2D eigenvalue weighted by atomic mass is 35.5. The van der Waals surface area contributed by atoms with Gasteiger partial charge in [-0.15, -0.1) is 12.4 Å². The first-order chi connectivity index (χ1) is 8.30. The minimum atomic E-state index is -0.954. The molecule has 0 saturated heterocycles. The van der Waals surface area contributed by atoms with E-state index in [0.29, 0.717) is 23.5 Å². The summed E-state index contributed by atoms with van der Waals surface area (Å²) in [7, 11) is -0.954. The van der Waals surface area contributed by atoms with E-state index < -0.39 is 10.8 Å². The molecule has 1 aromatic rings. The lowest BCUT2D eigenvalue weighted by molar-refractivity contribution is 0.0956. The molecule has 0 aliphatic carbocycles. The monoisotopic (exact) mass is 304 g/mol. The molecule has 0 heterocycles. The zero-order valence-electron chi connectivity index (χ0n) is 11.4. The summed E-state index contributed by atoms with van der Waals surface area (Å²) < 4.78 is 11.5. The molecule has 0 aliphatic rings. The van der Waals surface area contributed by atoms with Gasteiger partial charge in [-0.25, -0.2) is 0 Å². The fourth-order valence-electron chi connectivity index (χ4n) is 1.35. The Hall–Kier alpha value is -1.07. The number of carbonyl (C=O) groups is 1. The van der Waals surface area contributed by atoms with Gasteiger partial charge >= 0.3 is 0 Å². The van der Waals surface area contributed by atoms with Crippen molar-refractivity contribution in [2.45, 2.75) is 25.5 Å². The zero-order chi connectivity index (χ0) is 13.8. The minimum absolute atomic E-state index is 0. The Morgan fingerprint density at radius 3 is 2.53 bits per heavy atom. The Morgan fingerprint density at radius 1 is 1.37 bits per heavy atom. The number of hydrogen-bond donors (Lipinski definition) is 2. The van der Waals surface area contributed by atoms with E-state index >= 15 is 0 Å². The average Bonchev–Trinajstić information content (AvgIpc) is 2.27. The van der Waals surface area contributed by atoms with Gasteiger partial charge in [0.15, 0.2) is 0 Å². The van der Waals surface area contributed by atoms with Gasteiger partial charge in [0.2, 0.25) is 0 Å². The molecule has 3 N–H and O–H groups in total. The molecule has 0 fully saturated rings. The van der Waals surface area contributed by atoms with E-state index in [0.717, 1.165) is 0 Å². The largest absolute Gasteiger partial charge is 0.399 e. The number of nitrogens with one attached hydrogen (secondary N) is 1. The first-order valence-corrected chi connectivity index (χ1v) is 7.15. The molecule has 0 saturated carbocycles. The molecule has 6 heteroatoms. The average molecular weight is 305 g/mol. The number of hydrogen-bond acceptors (Lipinski definition) is 3. The fourth-order valence-corrected chi connectivity index (χ4v) is 2.25. The van der Waals surface area contributed by atoms with Crippen LogP contribution in [-0.4, -0.2) is 27.2 Å². The van der Waals surface area contributed by atoms with Gasteiger partial charge < -0.3 is 11.1 Å².